The van der Waals surface area contributed by atoms with Crippen LogP contribution < -0.4 is 0 Å². The van der Waals surface area contributed by atoms with Crippen molar-refractivity contribution in [3.8, 4) is 12.3 Å². The Morgan fingerprint density at radius 2 is 1.38 bits per heavy atom. The van der Waals surface area contributed by atoms with Gasteiger partial charge in [0.2, 0.25) is 0 Å². The molecule has 21 heavy (non-hydrogen) atoms. The van der Waals surface area contributed by atoms with Crippen molar-refractivity contribution in [2.75, 3.05) is 0 Å². The SMILES string of the molecule is C#CC1CCC(C(O)C(O)C2CCC(C(=C)Cl)CC2)CC1. The summed E-state index contributed by atoms with van der Waals surface area (Å²) in [6.07, 6.45) is 11.9. The molecular weight excluding hydrogens is 284 g/mol. The average Bonchev–Trinajstić information content (AvgIpc) is 2.53. The fourth-order valence-corrected chi connectivity index (χ4v) is 4.18. The molecule has 0 spiro atoms. The Morgan fingerprint density at radius 1 is 0.952 bits per heavy atom. The van der Waals surface area contributed by atoms with E-state index in [2.05, 4.69) is 12.5 Å². The monoisotopic (exact) mass is 310 g/mol. The lowest BCUT2D eigenvalue weighted by atomic mass is 9.73. The van der Waals surface area contributed by atoms with Crippen LogP contribution >= 0.6 is 11.6 Å². The Labute approximate surface area is 133 Å². The van der Waals surface area contributed by atoms with Gasteiger partial charge in [-0.05, 0) is 69.1 Å². The molecule has 0 aromatic heterocycles. The number of terminal acetylenes is 1. The summed E-state index contributed by atoms with van der Waals surface area (Å²) in [5, 5.41) is 21.7. The molecule has 0 heterocycles. The normalized spacial score (nSPS) is 36.5. The maximum atomic E-state index is 10.5. The quantitative estimate of drug-likeness (QED) is 0.777. The van der Waals surface area contributed by atoms with E-state index in [0.717, 1.165) is 56.4 Å². The van der Waals surface area contributed by atoms with Crippen molar-refractivity contribution in [2.24, 2.45) is 23.7 Å². The zero-order valence-corrected chi connectivity index (χ0v) is 13.4. The molecule has 0 amide bonds. The minimum atomic E-state index is -0.609. The molecule has 2 N–H and O–H groups in total. The third kappa shape index (κ3) is 4.25. The molecule has 0 radical (unpaired) electrons. The Hall–Kier alpha value is -0.490. The van der Waals surface area contributed by atoms with E-state index in [4.69, 9.17) is 18.0 Å². The van der Waals surface area contributed by atoms with Crippen LogP contribution in [0, 0.1) is 36.0 Å². The summed E-state index contributed by atoms with van der Waals surface area (Å²) < 4.78 is 0. The van der Waals surface area contributed by atoms with Gasteiger partial charge in [0.05, 0.1) is 12.2 Å². The minimum absolute atomic E-state index is 0.192. The van der Waals surface area contributed by atoms with Gasteiger partial charge in [-0.25, -0.2) is 0 Å². The molecule has 2 aliphatic rings. The van der Waals surface area contributed by atoms with Crippen LogP contribution in [0.3, 0.4) is 0 Å². The third-order valence-electron chi connectivity index (χ3n) is 5.54. The molecule has 0 bridgehead atoms. The highest BCUT2D eigenvalue weighted by molar-refractivity contribution is 6.29. The number of hydrogen-bond acceptors (Lipinski definition) is 2. The number of rotatable bonds is 4. The van der Waals surface area contributed by atoms with E-state index in [-0.39, 0.29) is 11.8 Å². The van der Waals surface area contributed by atoms with Gasteiger partial charge in [0.15, 0.2) is 0 Å². The van der Waals surface area contributed by atoms with Crippen molar-refractivity contribution in [1.82, 2.24) is 0 Å². The lowest BCUT2D eigenvalue weighted by Crippen LogP contribution is -2.41. The molecule has 2 aliphatic carbocycles. The van der Waals surface area contributed by atoms with E-state index in [0.29, 0.717) is 11.8 Å². The van der Waals surface area contributed by atoms with Crippen LogP contribution in [0.4, 0.5) is 0 Å². The van der Waals surface area contributed by atoms with E-state index in [9.17, 15) is 10.2 Å². The third-order valence-corrected chi connectivity index (χ3v) is 5.85. The van der Waals surface area contributed by atoms with Gasteiger partial charge in [-0.2, -0.15) is 0 Å². The molecule has 0 aromatic rings. The zero-order chi connectivity index (χ0) is 15.4. The van der Waals surface area contributed by atoms with Crippen LogP contribution in [0.1, 0.15) is 51.4 Å². The van der Waals surface area contributed by atoms with Crippen LogP contribution in [-0.4, -0.2) is 22.4 Å². The van der Waals surface area contributed by atoms with Gasteiger partial charge in [0, 0.05) is 11.0 Å². The lowest BCUT2D eigenvalue weighted by molar-refractivity contribution is -0.0654. The van der Waals surface area contributed by atoms with Crippen molar-refractivity contribution in [2.45, 2.75) is 63.6 Å². The second-order valence-electron chi connectivity index (χ2n) is 6.82. The van der Waals surface area contributed by atoms with Gasteiger partial charge >= 0.3 is 0 Å². The molecule has 0 aliphatic heterocycles. The first-order valence-electron chi connectivity index (χ1n) is 8.19. The zero-order valence-electron chi connectivity index (χ0n) is 12.7. The van der Waals surface area contributed by atoms with Crippen LogP contribution in [0.5, 0.6) is 0 Å². The maximum absolute atomic E-state index is 10.5. The molecule has 2 nitrogen and oxygen atoms in total. The highest BCUT2D eigenvalue weighted by atomic mass is 35.5. The largest absolute Gasteiger partial charge is 0.390 e. The first-order valence-corrected chi connectivity index (χ1v) is 8.57. The second-order valence-corrected chi connectivity index (χ2v) is 7.30. The Kier molecular flexibility index (Phi) is 6.17. The van der Waals surface area contributed by atoms with Crippen LogP contribution in [0.15, 0.2) is 11.6 Å². The molecule has 2 unspecified atom stereocenters. The summed E-state index contributed by atoms with van der Waals surface area (Å²) in [4.78, 5) is 0. The predicted molar refractivity (Wildman–Crippen MR) is 86.7 cm³/mol. The topological polar surface area (TPSA) is 40.5 Å². The summed E-state index contributed by atoms with van der Waals surface area (Å²) in [6.45, 7) is 3.81. The number of aliphatic hydroxyl groups is 2. The molecule has 3 heteroatoms. The summed E-state index contributed by atoms with van der Waals surface area (Å²) >= 11 is 5.97. The van der Waals surface area contributed by atoms with E-state index in [1.54, 1.807) is 0 Å². The molecular formula is C18H27ClO2. The highest BCUT2D eigenvalue weighted by Crippen LogP contribution is 2.39. The molecule has 2 saturated carbocycles. The molecule has 0 saturated heterocycles. The molecule has 0 aromatic carbocycles. The van der Waals surface area contributed by atoms with E-state index < -0.39 is 12.2 Å². The van der Waals surface area contributed by atoms with Gasteiger partial charge < -0.3 is 10.2 Å². The minimum Gasteiger partial charge on any atom is -0.390 e. The Bertz CT molecular complexity index is 385. The first-order chi connectivity index (χ1) is 10.0. The van der Waals surface area contributed by atoms with Crippen molar-refractivity contribution < 1.29 is 10.2 Å². The smallest absolute Gasteiger partial charge is 0.0829 e. The first kappa shape index (κ1) is 16.9. The number of halogens is 1. The average molecular weight is 311 g/mol. The fraction of sp³-hybridized carbons (Fsp3) is 0.778. The standard InChI is InChI=1S/C18H27ClO2/c1-3-13-4-6-15(7-5-13)17(20)18(21)16-10-8-14(9-11-16)12(2)19/h1,13-18,20-21H,2,4-11H2. The highest BCUT2D eigenvalue weighted by Gasteiger charge is 2.36. The van der Waals surface area contributed by atoms with Crippen molar-refractivity contribution in [3.05, 3.63) is 11.6 Å². The predicted octanol–water partition coefficient (Wildman–Crippen LogP) is 3.71. The Morgan fingerprint density at radius 3 is 1.76 bits per heavy atom. The molecule has 2 atom stereocenters. The van der Waals surface area contributed by atoms with Crippen LogP contribution in [0.2, 0.25) is 0 Å². The number of hydrogen-bond donors (Lipinski definition) is 2. The van der Waals surface area contributed by atoms with E-state index in [1.165, 1.54) is 0 Å². The van der Waals surface area contributed by atoms with E-state index in [1.807, 2.05) is 0 Å². The van der Waals surface area contributed by atoms with E-state index >= 15 is 0 Å². The van der Waals surface area contributed by atoms with Gasteiger partial charge in [-0.1, -0.05) is 18.2 Å². The summed E-state index contributed by atoms with van der Waals surface area (Å²) in [7, 11) is 0. The number of allylic oxidation sites excluding steroid dienone is 1. The van der Waals surface area contributed by atoms with Gasteiger partial charge in [0.25, 0.3) is 0 Å². The number of aliphatic hydroxyl groups excluding tert-OH is 2. The molecule has 2 fully saturated rings. The van der Waals surface area contributed by atoms with Crippen LogP contribution in [-0.2, 0) is 0 Å². The fourth-order valence-electron chi connectivity index (χ4n) is 3.96. The van der Waals surface area contributed by atoms with Crippen LogP contribution in [0.25, 0.3) is 0 Å². The summed E-state index contributed by atoms with van der Waals surface area (Å²) in [6, 6.07) is 0. The Balaban J connectivity index is 1.82. The van der Waals surface area contributed by atoms with Crippen molar-refractivity contribution >= 4 is 11.6 Å². The van der Waals surface area contributed by atoms with Crippen molar-refractivity contribution in [1.29, 1.82) is 0 Å². The molecule has 2 rings (SSSR count). The van der Waals surface area contributed by atoms with Gasteiger partial charge in [-0.3, -0.25) is 0 Å². The maximum Gasteiger partial charge on any atom is 0.0829 e. The summed E-state index contributed by atoms with van der Waals surface area (Å²) in [5.74, 6) is 3.93. The molecule has 118 valence electrons. The van der Waals surface area contributed by atoms with Crippen molar-refractivity contribution in [3.63, 3.8) is 0 Å². The second kappa shape index (κ2) is 7.68. The lowest BCUT2D eigenvalue weighted by Gasteiger charge is -2.37. The van der Waals surface area contributed by atoms with Gasteiger partial charge in [-0.15, -0.1) is 12.3 Å². The van der Waals surface area contributed by atoms with Gasteiger partial charge in [0.1, 0.15) is 0 Å². The summed E-state index contributed by atoms with van der Waals surface area (Å²) in [5.41, 5.74) is 0.